The molecule has 1 saturated heterocycles. The van der Waals surface area contributed by atoms with Gasteiger partial charge in [0, 0.05) is 11.7 Å². The molecular formula is C22H31N4O4+. The van der Waals surface area contributed by atoms with Gasteiger partial charge in [-0.1, -0.05) is 0 Å². The average molecular weight is 416 g/mol. The number of quaternary nitrogens is 1. The summed E-state index contributed by atoms with van der Waals surface area (Å²) in [5, 5.41) is 5.39. The lowest BCUT2D eigenvalue weighted by molar-refractivity contribution is -0.932. The van der Waals surface area contributed by atoms with Crippen LogP contribution in [0.3, 0.4) is 0 Å². The van der Waals surface area contributed by atoms with E-state index < -0.39 is 11.8 Å². The number of benzene rings is 1. The van der Waals surface area contributed by atoms with Gasteiger partial charge in [-0.3, -0.25) is 9.59 Å². The first-order chi connectivity index (χ1) is 14.5. The van der Waals surface area contributed by atoms with Crippen molar-refractivity contribution in [3.05, 3.63) is 48.4 Å². The molecule has 0 spiro atoms. The lowest BCUT2D eigenvalue weighted by Crippen LogP contribution is -3.15. The van der Waals surface area contributed by atoms with Gasteiger partial charge in [-0.25, -0.2) is 0 Å². The predicted molar refractivity (Wildman–Crippen MR) is 114 cm³/mol. The number of hydrogen-bond donors (Lipinski definition) is 3. The van der Waals surface area contributed by atoms with Crippen molar-refractivity contribution in [3.8, 4) is 5.75 Å². The molecule has 0 radical (unpaired) electrons. The Kier molecular flexibility index (Phi) is 7.35. The first-order valence-electron chi connectivity index (χ1n) is 10.3. The molecule has 0 unspecified atom stereocenters. The molecule has 3 rings (SSSR count). The van der Waals surface area contributed by atoms with Crippen molar-refractivity contribution in [3.63, 3.8) is 0 Å². The maximum Gasteiger partial charge on any atom is 0.309 e. The topological polar surface area (TPSA) is 88.2 Å². The van der Waals surface area contributed by atoms with E-state index in [-0.39, 0.29) is 12.1 Å². The van der Waals surface area contributed by atoms with Gasteiger partial charge in [0.05, 0.1) is 46.1 Å². The van der Waals surface area contributed by atoms with Crippen LogP contribution in [-0.4, -0.2) is 57.7 Å². The van der Waals surface area contributed by atoms with Gasteiger partial charge in [0.15, 0.2) is 11.8 Å². The standard InChI is InChI=1S/C22H30N4O4/c1-16(2)24-22(28)21(27)23-15-19(20-5-4-14-30-20)26-12-10-25(11-13-26)17-6-8-18(29-3)9-7-17/h4-9,14,16,19H,10-13,15H2,1-3H3,(H,23,27)(H,24,28)/p+1/t19-/m0/s1. The zero-order valence-corrected chi connectivity index (χ0v) is 17.8. The number of nitrogens with zero attached hydrogens (tertiary/aromatic N) is 1. The number of amides is 2. The summed E-state index contributed by atoms with van der Waals surface area (Å²) in [7, 11) is 1.66. The molecule has 8 heteroatoms. The molecule has 3 N–H and O–H groups in total. The average Bonchev–Trinajstić information content (AvgIpc) is 3.28. The second-order valence-corrected chi connectivity index (χ2v) is 7.75. The van der Waals surface area contributed by atoms with Gasteiger partial charge in [-0.2, -0.15) is 0 Å². The smallest absolute Gasteiger partial charge is 0.309 e. The van der Waals surface area contributed by atoms with Crippen molar-refractivity contribution in [1.82, 2.24) is 10.6 Å². The number of methoxy groups -OCH3 is 1. The Balaban J connectivity index is 1.60. The Morgan fingerprint density at radius 2 is 1.83 bits per heavy atom. The Hall–Kier alpha value is -3.00. The number of piperazine rings is 1. The molecule has 30 heavy (non-hydrogen) atoms. The molecule has 1 fully saturated rings. The van der Waals surface area contributed by atoms with Gasteiger partial charge in [0.1, 0.15) is 5.75 Å². The number of nitrogens with one attached hydrogen (secondary N) is 3. The van der Waals surface area contributed by atoms with E-state index in [1.54, 1.807) is 13.4 Å². The largest absolute Gasteiger partial charge is 0.497 e. The second kappa shape index (κ2) is 10.2. The molecule has 0 bridgehead atoms. The van der Waals surface area contributed by atoms with E-state index in [2.05, 4.69) is 27.7 Å². The summed E-state index contributed by atoms with van der Waals surface area (Å²) in [6, 6.07) is 11.7. The van der Waals surface area contributed by atoms with Crippen LogP contribution in [0, 0.1) is 0 Å². The molecule has 2 aromatic rings. The van der Waals surface area contributed by atoms with E-state index in [1.807, 2.05) is 38.1 Å². The quantitative estimate of drug-likeness (QED) is 0.569. The highest BCUT2D eigenvalue weighted by Crippen LogP contribution is 2.19. The molecule has 8 nitrogen and oxygen atoms in total. The van der Waals surface area contributed by atoms with Crippen molar-refractivity contribution >= 4 is 17.5 Å². The first-order valence-corrected chi connectivity index (χ1v) is 10.3. The molecule has 0 aliphatic carbocycles. The Morgan fingerprint density at radius 3 is 2.40 bits per heavy atom. The van der Waals surface area contributed by atoms with Crippen LogP contribution in [0.5, 0.6) is 5.75 Å². The van der Waals surface area contributed by atoms with Gasteiger partial charge in [-0.05, 0) is 50.2 Å². The lowest BCUT2D eigenvalue weighted by atomic mass is 10.1. The van der Waals surface area contributed by atoms with Crippen LogP contribution in [-0.2, 0) is 9.59 Å². The van der Waals surface area contributed by atoms with Crippen LogP contribution < -0.4 is 25.2 Å². The summed E-state index contributed by atoms with van der Waals surface area (Å²) in [6.07, 6.45) is 1.64. The summed E-state index contributed by atoms with van der Waals surface area (Å²) < 4.78 is 10.9. The zero-order chi connectivity index (χ0) is 21.5. The van der Waals surface area contributed by atoms with E-state index in [9.17, 15) is 9.59 Å². The number of furan rings is 1. The van der Waals surface area contributed by atoms with Crippen LogP contribution in [0.15, 0.2) is 47.1 Å². The van der Waals surface area contributed by atoms with Gasteiger partial charge in [0.2, 0.25) is 0 Å². The van der Waals surface area contributed by atoms with Crippen LogP contribution in [0.4, 0.5) is 5.69 Å². The number of rotatable bonds is 7. The van der Waals surface area contributed by atoms with E-state index in [4.69, 9.17) is 9.15 Å². The normalized spacial score (nSPS) is 15.7. The third-order valence-corrected chi connectivity index (χ3v) is 5.32. The summed E-state index contributed by atoms with van der Waals surface area (Å²) in [5.74, 6) is 0.435. The van der Waals surface area contributed by atoms with Crippen molar-refractivity contribution in [2.24, 2.45) is 0 Å². The van der Waals surface area contributed by atoms with Gasteiger partial charge in [-0.15, -0.1) is 0 Å². The van der Waals surface area contributed by atoms with E-state index in [1.165, 1.54) is 10.6 Å². The zero-order valence-electron chi connectivity index (χ0n) is 17.8. The van der Waals surface area contributed by atoms with Gasteiger partial charge >= 0.3 is 11.8 Å². The van der Waals surface area contributed by atoms with Crippen molar-refractivity contribution < 1.29 is 23.6 Å². The molecule has 0 saturated carbocycles. The molecule has 2 heterocycles. The maximum absolute atomic E-state index is 12.1. The number of ether oxygens (including phenoxy) is 1. The Labute approximate surface area is 177 Å². The lowest BCUT2D eigenvalue weighted by Gasteiger charge is -2.37. The summed E-state index contributed by atoms with van der Waals surface area (Å²) in [5.41, 5.74) is 1.17. The molecule has 2 amide bonds. The fraction of sp³-hybridized carbons (Fsp3) is 0.455. The number of anilines is 1. The monoisotopic (exact) mass is 415 g/mol. The van der Waals surface area contributed by atoms with Crippen molar-refractivity contribution in [1.29, 1.82) is 0 Å². The minimum atomic E-state index is -0.614. The minimum absolute atomic E-state index is 0.0474. The number of hydrogen-bond acceptors (Lipinski definition) is 5. The highest BCUT2D eigenvalue weighted by molar-refractivity contribution is 6.35. The second-order valence-electron chi connectivity index (χ2n) is 7.75. The maximum atomic E-state index is 12.1. The fourth-order valence-corrected chi connectivity index (χ4v) is 3.73. The van der Waals surface area contributed by atoms with Crippen LogP contribution in [0.1, 0.15) is 25.6 Å². The minimum Gasteiger partial charge on any atom is -0.497 e. The first kappa shape index (κ1) is 21.7. The summed E-state index contributed by atoms with van der Waals surface area (Å²) >= 11 is 0. The van der Waals surface area contributed by atoms with Gasteiger partial charge < -0.3 is 29.6 Å². The summed E-state index contributed by atoms with van der Waals surface area (Å²) in [6.45, 7) is 7.56. The highest BCUT2D eigenvalue weighted by Gasteiger charge is 2.31. The molecule has 1 atom stereocenters. The van der Waals surface area contributed by atoms with Crippen molar-refractivity contribution in [2.45, 2.75) is 25.9 Å². The fourth-order valence-electron chi connectivity index (χ4n) is 3.73. The molecule has 162 valence electrons. The van der Waals surface area contributed by atoms with Crippen LogP contribution in [0.25, 0.3) is 0 Å². The number of carbonyl (C=O) groups excluding carboxylic acids is 2. The SMILES string of the molecule is COc1ccc(N2CC[NH+]([C@@H](CNC(=O)C(=O)NC(C)C)c3ccco3)CC2)cc1. The molecule has 1 aliphatic heterocycles. The summed E-state index contributed by atoms with van der Waals surface area (Å²) in [4.78, 5) is 27.7. The third kappa shape index (κ3) is 5.54. The van der Waals surface area contributed by atoms with Crippen molar-refractivity contribution in [2.75, 3.05) is 44.7 Å². The van der Waals surface area contributed by atoms with Crippen LogP contribution >= 0.6 is 0 Å². The molecular weight excluding hydrogens is 384 g/mol. The van der Waals surface area contributed by atoms with E-state index in [0.29, 0.717) is 6.54 Å². The predicted octanol–water partition coefficient (Wildman–Crippen LogP) is 0.375. The number of carbonyl (C=O) groups is 2. The van der Waals surface area contributed by atoms with E-state index >= 15 is 0 Å². The van der Waals surface area contributed by atoms with Crippen LogP contribution in [0.2, 0.25) is 0 Å². The Morgan fingerprint density at radius 1 is 1.13 bits per heavy atom. The Bertz CT molecular complexity index is 812. The van der Waals surface area contributed by atoms with Gasteiger partial charge in [0.25, 0.3) is 0 Å². The molecule has 1 aromatic heterocycles. The highest BCUT2D eigenvalue weighted by atomic mass is 16.5. The van der Waals surface area contributed by atoms with E-state index in [0.717, 1.165) is 37.7 Å². The third-order valence-electron chi connectivity index (χ3n) is 5.32. The molecule has 1 aromatic carbocycles. The molecule has 1 aliphatic rings.